The zero-order chi connectivity index (χ0) is 13.1. The van der Waals surface area contributed by atoms with E-state index in [1.165, 1.54) is 5.39 Å². The Bertz CT molecular complexity index is 583. The predicted molar refractivity (Wildman–Crippen MR) is 74.9 cm³/mol. The van der Waals surface area contributed by atoms with Gasteiger partial charge in [0.05, 0.1) is 0 Å². The van der Waals surface area contributed by atoms with Gasteiger partial charge in [0.2, 0.25) is 0 Å². The molecule has 0 N–H and O–H groups in total. The van der Waals surface area contributed by atoms with Gasteiger partial charge in [-0.25, -0.2) is 4.79 Å². The Morgan fingerprint density at radius 2 is 1.79 bits per heavy atom. The summed E-state index contributed by atoms with van der Waals surface area (Å²) in [7, 11) is 0. The van der Waals surface area contributed by atoms with E-state index in [0.717, 1.165) is 36.9 Å². The smallest absolute Gasteiger partial charge is 0.410 e. The van der Waals surface area contributed by atoms with Gasteiger partial charge in [-0.1, -0.05) is 42.5 Å². The van der Waals surface area contributed by atoms with Crippen LogP contribution in [0.4, 0.5) is 4.79 Å². The van der Waals surface area contributed by atoms with Gasteiger partial charge in [-0.2, -0.15) is 0 Å². The minimum absolute atomic E-state index is 0.189. The molecule has 1 aliphatic rings. The number of carbonyl (C=O) groups is 1. The molecular formula is C16H17NO2. The molecule has 1 heterocycles. The van der Waals surface area contributed by atoms with Gasteiger partial charge in [-0.15, -0.1) is 0 Å². The number of rotatable bonds is 2. The zero-order valence-electron chi connectivity index (χ0n) is 10.8. The minimum Gasteiger partial charge on any atom is -0.445 e. The molecule has 0 radical (unpaired) electrons. The summed E-state index contributed by atoms with van der Waals surface area (Å²) >= 11 is 0. The number of benzene rings is 2. The lowest BCUT2D eigenvalue weighted by molar-refractivity contribution is 0.105. The molecule has 2 aromatic rings. The van der Waals surface area contributed by atoms with Crippen LogP contribution in [-0.2, 0) is 11.3 Å². The normalized spacial score (nSPS) is 14.8. The molecule has 0 aliphatic carbocycles. The molecule has 3 rings (SSSR count). The SMILES string of the molecule is O=C(OCc1cccc2ccccc12)N1CCCC1. The molecule has 19 heavy (non-hydrogen) atoms. The van der Waals surface area contributed by atoms with Crippen LogP contribution in [0.25, 0.3) is 10.8 Å². The van der Waals surface area contributed by atoms with Crippen molar-refractivity contribution in [1.29, 1.82) is 0 Å². The Balaban J connectivity index is 1.73. The van der Waals surface area contributed by atoms with Crippen molar-refractivity contribution in [3.8, 4) is 0 Å². The largest absolute Gasteiger partial charge is 0.445 e. The lowest BCUT2D eigenvalue weighted by Gasteiger charge is -2.15. The molecule has 1 aliphatic heterocycles. The third kappa shape index (κ3) is 2.55. The first kappa shape index (κ1) is 12.0. The first-order chi connectivity index (χ1) is 9.34. The van der Waals surface area contributed by atoms with Gasteiger partial charge in [-0.05, 0) is 29.2 Å². The van der Waals surface area contributed by atoms with Crippen LogP contribution >= 0.6 is 0 Å². The van der Waals surface area contributed by atoms with Crippen molar-refractivity contribution < 1.29 is 9.53 Å². The van der Waals surface area contributed by atoms with E-state index in [4.69, 9.17) is 4.74 Å². The summed E-state index contributed by atoms with van der Waals surface area (Å²) < 4.78 is 5.41. The van der Waals surface area contributed by atoms with Crippen molar-refractivity contribution in [2.24, 2.45) is 0 Å². The van der Waals surface area contributed by atoms with Crippen LogP contribution in [0.3, 0.4) is 0 Å². The third-order valence-electron chi connectivity index (χ3n) is 3.60. The molecular weight excluding hydrogens is 238 g/mol. The second kappa shape index (κ2) is 5.31. The minimum atomic E-state index is -0.189. The molecule has 0 aromatic heterocycles. The molecule has 0 atom stereocenters. The van der Waals surface area contributed by atoms with Crippen LogP contribution in [-0.4, -0.2) is 24.1 Å². The van der Waals surface area contributed by atoms with Gasteiger partial charge in [0.1, 0.15) is 6.61 Å². The summed E-state index contributed by atoms with van der Waals surface area (Å²) in [5.74, 6) is 0. The summed E-state index contributed by atoms with van der Waals surface area (Å²) in [6.45, 7) is 2.00. The Hall–Kier alpha value is -2.03. The number of nitrogens with zero attached hydrogens (tertiary/aromatic N) is 1. The maximum absolute atomic E-state index is 11.9. The molecule has 0 bridgehead atoms. The number of fused-ring (bicyclic) bond motifs is 1. The van der Waals surface area contributed by atoms with E-state index in [0.29, 0.717) is 6.61 Å². The number of carbonyl (C=O) groups excluding carboxylic acids is 1. The van der Waals surface area contributed by atoms with E-state index in [-0.39, 0.29) is 6.09 Å². The van der Waals surface area contributed by atoms with Crippen LogP contribution < -0.4 is 0 Å². The maximum atomic E-state index is 11.9. The number of ether oxygens (including phenoxy) is 1. The molecule has 3 nitrogen and oxygen atoms in total. The van der Waals surface area contributed by atoms with Gasteiger partial charge < -0.3 is 9.64 Å². The Labute approximate surface area is 112 Å². The van der Waals surface area contributed by atoms with Crippen molar-refractivity contribution >= 4 is 16.9 Å². The van der Waals surface area contributed by atoms with Gasteiger partial charge in [-0.3, -0.25) is 0 Å². The van der Waals surface area contributed by atoms with Crippen LogP contribution in [0.5, 0.6) is 0 Å². The first-order valence-electron chi connectivity index (χ1n) is 6.73. The third-order valence-corrected chi connectivity index (χ3v) is 3.60. The van der Waals surface area contributed by atoms with Crippen molar-refractivity contribution in [3.05, 3.63) is 48.0 Å². The highest BCUT2D eigenvalue weighted by Crippen LogP contribution is 2.19. The summed E-state index contributed by atoms with van der Waals surface area (Å²) in [5.41, 5.74) is 1.06. The average Bonchev–Trinajstić information content (AvgIpc) is 2.99. The van der Waals surface area contributed by atoms with Gasteiger partial charge in [0.25, 0.3) is 0 Å². The van der Waals surface area contributed by atoms with E-state index in [1.54, 1.807) is 4.90 Å². The zero-order valence-corrected chi connectivity index (χ0v) is 10.8. The van der Waals surface area contributed by atoms with E-state index >= 15 is 0 Å². The summed E-state index contributed by atoms with van der Waals surface area (Å²) in [5, 5.41) is 2.33. The van der Waals surface area contributed by atoms with Crippen molar-refractivity contribution in [1.82, 2.24) is 4.90 Å². The van der Waals surface area contributed by atoms with Gasteiger partial charge in [0, 0.05) is 13.1 Å². The average molecular weight is 255 g/mol. The van der Waals surface area contributed by atoms with E-state index < -0.39 is 0 Å². The molecule has 1 saturated heterocycles. The molecule has 98 valence electrons. The molecule has 1 fully saturated rings. The van der Waals surface area contributed by atoms with Crippen LogP contribution in [0.1, 0.15) is 18.4 Å². The number of hydrogen-bond acceptors (Lipinski definition) is 2. The van der Waals surface area contributed by atoms with Crippen molar-refractivity contribution in [3.63, 3.8) is 0 Å². The molecule has 0 spiro atoms. The fraction of sp³-hybridized carbons (Fsp3) is 0.312. The van der Waals surface area contributed by atoms with E-state index in [1.807, 2.05) is 24.3 Å². The standard InChI is InChI=1S/C16H17NO2/c18-16(17-10-3-4-11-17)19-12-14-8-5-7-13-6-1-2-9-15(13)14/h1-2,5-9H,3-4,10-12H2. The molecule has 3 heteroatoms. The molecule has 1 amide bonds. The highest BCUT2D eigenvalue weighted by molar-refractivity contribution is 5.85. The monoisotopic (exact) mass is 255 g/mol. The van der Waals surface area contributed by atoms with Gasteiger partial charge >= 0.3 is 6.09 Å². The second-order valence-electron chi connectivity index (χ2n) is 4.89. The summed E-state index contributed by atoms with van der Waals surface area (Å²) in [6, 6.07) is 14.2. The lowest BCUT2D eigenvalue weighted by Crippen LogP contribution is -2.28. The second-order valence-corrected chi connectivity index (χ2v) is 4.89. The van der Waals surface area contributed by atoms with Gasteiger partial charge in [0.15, 0.2) is 0 Å². The first-order valence-corrected chi connectivity index (χ1v) is 6.73. The Kier molecular flexibility index (Phi) is 3.36. The van der Waals surface area contributed by atoms with Crippen molar-refractivity contribution in [2.75, 3.05) is 13.1 Å². The fourth-order valence-electron chi connectivity index (χ4n) is 2.55. The number of likely N-dealkylation sites (tertiary alicyclic amines) is 1. The molecule has 0 saturated carbocycles. The Morgan fingerprint density at radius 3 is 2.63 bits per heavy atom. The van der Waals surface area contributed by atoms with Crippen molar-refractivity contribution in [2.45, 2.75) is 19.4 Å². The predicted octanol–water partition coefficient (Wildman–Crippen LogP) is 3.57. The van der Waals surface area contributed by atoms with Crippen LogP contribution in [0, 0.1) is 0 Å². The molecule has 0 unspecified atom stereocenters. The number of hydrogen-bond donors (Lipinski definition) is 0. The van der Waals surface area contributed by atoms with E-state index in [9.17, 15) is 4.79 Å². The topological polar surface area (TPSA) is 29.5 Å². The number of amides is 1. The molecule has 2 aromatic carbocycles. The maximum Gasteiger partial charge on any atom is 0.410 e. The highest BCUT2D eigenvalue weighted by Gasteiger charge is 2.19. The van der Waals surface area contributed by atoms with E-state index in [2.05, 4.69) is 18.2 Å². The quantitative estimate of drug-likeness (QED) is 0.821. The fourth-order valence-corrected chi connectivity index (χ4v) is 2.55. The summed E-state index contributed by atoms with van der Waals surface area (Å²) in [6.07, 6.45) is 1.98. The lowest BCUT2D eigenvalue weighted by atomic mass is 10.1. The highest BCUT2D eigenvalue weighted by atomic mass is 16.6. The summed E-state index contributed by atoms with van der Waals surface area (Å²) in [4.78, 5) is 13.6. The Morgan fingerprint density at radius 1 is 1.05 bits per heavy atom. The van der Waals surface area contributed by atoms with Crippen LogP contribution in [0.2, 0.25) is 0 Å². The van der Waals surface area contributed by atoms with Crippen LogP contribution in [0.15, 0.2) is 42.5 Å².